The molecule has 0 aromatic heterocycles. The standard InChI is InChI=1S/C29H35N3O3S/c1-23-8-4-5-9-27(23)22-32(36(2,34)35)28-16-14-26(15-17-28)29(33)30-20-24-10-12-25(13-11-24)21-31-18-6-3-7-19-31/h4-5,8-17H,3,6-7,18-22H2,1-2H3,(H,30,33). The van der Waals surface area contributed by atoms with Crippen molar-refractivity contribution in [3.63, 3.8) is 0 Å². The second kappa shape index (κ2) is 11.7. The Morgan fingerprint density at radius 1 is 0.889 bits per heavy atom. The predicted octanol–water partition coefficient (Wildman–Crippen LogP) is 4.88. The Kier molecular flexibility index (Phi) is 8.44. The molecular weight excluding hydrogens is 470 g/mol. The number of aryl methyl sites for hydroxylation is 1. The van der Waals surface area contributed by atoms with Crippen molar-refractivity contribution in [3.05, 3.63) is 101 Å². The van der Waals surface area contributed by atoms with E-state index in [2.05, 4.69) is 34.5 Å². The van der Waals surface area contributed by atoms with E-state index >= 15 is 0 Å². The molecule has 7 heteroatoms. The molecule has 6 nitrogen and oxygen atoms in total. The maximum atomic E-state index is 12.7. The van der Waals surface area contributed by atoms with Gasteiger partial charge in [0.1, 0.15) is 0 Å². The van der Waals surface area contributed by atoms with Crippen molar-refractivity contribution in [2.75, 3.05) is 23.7 Å². The minimum absolute atomic E-state index is 0.191. The summed E-state index contributed by atoms with van der Waals surface area (Å²) in [7, 11) is -3.50. The van der Waals surface area contributed by atoms with Crippen LogP contribution < -0.4 is 9.62 Å². The minimum atomic E-state index is -3.50. The number of rotatable bonds is 9. The van der Waals surface area contributed by atoms with Crippen LogP contribution >= 0.6 is 0 Å². The summed E-state index contributed by atoms with van der Waals surface area (Å²) in [6.07, 6.45) is 5.10. The number of likely N-dealkylation sites (tertiary alicyclic amines) is 1. The van der Waals surface area contributed by atoms with Gasteiger partial charge in [-0.05, 0) is 79.4 Å². The van der Waals surface area contributed by atoms with Crippen molar-refractivity contribution in [1.82, 2.24) is 10.2 Å². The molecular formula is C29H35N3O3S. The molecule has 0 spiro atoms. The van der Waals surface area contributed by atoms with Crippen molar-refractivity contribution >= 4 is 21.6 Å². The molecule has 0 aliphatic carbocycles. The number of hydrogen-bond acceptors (Lipinski definition) is 4. The van der Waals surface area contributed by atoms with Crippen LogP contribution in [0.2, 0.25) is 0 Å². The quantitative estimate of drug-likeness (QED) is 0.450. The van der Waals surface area contributed by atoms with Gasteiger partial charge in [0.15, 0.2) is 0 Å². The van der Waals surface area contributed by atoms with E-state index in [1.165, 1.54) is 48.5 Å². The molecule has 1 amide bonds. The van der Waals surface area contributed by atoms with Crippen molar-refractivity contribution in [2.45, 2.75) is 45.8 Å². The molecule has 1 aliphatic heterocycles. The van der Waals surface area contributed by atoms with E-state index in [1.807, 2.05) is 31.2 Å². The molecule has 190 valence electrons. The molecule has 0 saturated carbocycles. The molecule has 1 saturated heterocycles. The van der Waals surface area contributed by atoms with Crippen LogP contribution in [0.5, 0.6) is 0 Å². The molecule has 0 unspecified atom stereocenters. The van der Waals surface area contributed by atoms with E-state index in [4.69, 9.17) is 0 Å². The Morgan fingerprint density at radius 2 is 1.53 bits per heavy atom. The second-order valence-electron chi connectivity index (χ2n) is 9.58. The van der Waals surface area contributed by atoms with Gasteiger partial charge in [-0.1, -0.05) is 55.0 Å². The number of anilines is 1. The van der Waals surface area contributed by atoms with E-state index in [-0.39, 0.29) is 12.5 Å². The number of sulfonamides is 1. The first-order valence-electron chi connectivity index (χ1n) is 12.5. The first-order valence-corrected chi connectivity index (χ1v) is 14.3. The highest BCUT2D eigenvalue weighted by Crippen LogP contribution is 2.23. The summed E-state index contributed by atoms with van der Waals surface area (Å²) in [5, 5.41) is 2.96. The normalized spacial score (nSPS) is 14.4. The van der Waals surface area contributed by atoms with Gasteiger partial charge in [-0.2, -0.15) is 0 Å². The van der Waals surface area contributed by atoms with E-state index in [0.29, 0.717) is 17.8 Å². The van der Waals surface area contributed by atoms with Gasteiger partial charge >= 0.3 is 0 Å². The van der Waals surface area contributed by atoms with Crippen LogP contribution in [-0.2, 0) is 29.7 Å². The maximum absolute atomic E-state index is 12.7. The van der Waals surface area contributed by atoms with Gasteiger partial charge < -0.3 is 5.32 Å². The number of carbonyl (C=O) groups excluding carboxylic acids is 1. The van der Waals surface area contributed by atoms with Crippen molar-refractivity contribution in [3.8, 4) is 0 Å². The lowest BCUT2D eigenvalue weighted by Crippen LogP contribution is -2.29. The molecule has 1 heterocycles. The van der Waals surface area contributed by atoms with E-state index in [1.54, 1.807) is 24.3 Å². The summed E-state index contributed by atoms with van der Waals surface area (Å²) in [6, 6.07) is 22.8. The fourth-order valence-electron chi connectivity index (χ4n) is 4.54. The Hall–Kier alpha value is -3.16. The molecule has 1 N–H and O–H groups in total. The monoisotopic (exact) mass is 505 g/mol. The first kappa shape index (κ1) is 25.9. The third kappa shape index (κ3) is 6.95. The van der Waals surface area contributed by atoms with Crippen LogP contribution in [0.1, 0.15) is 51.9 Å². The third-order valence-electron chi connectivity index (χ3n) is 6.72. The number of benzene rings is 3. The zero-order valence-corrected chi connectivity index (χ0v) is 21.9. The predicted molar refractivity (Wildman–Crippen MR) is 145 cm³/mol. The summed E-state index contributed by atoms with van der Waals surface area (Å²) in [5.41, 5.74) is 5.33. The molecule has 1 fully saturated rings. The Morgan fingerprint density at radius 3 is 2.17 bits per heavy atom. The zero-order chi connectivity index (χ0) is 25.5. The summed E-state index contributed by atoms with van der Waals surface area (Å²) < 4.78 is 26.4. The van der Waals surface area contributed by atoms with Crippen LogP contribution in [0.25, 0.3) is 0 Å². The van der Waals surface area contributed by atoms with Crippen LogP contribution in [0.15, 0.2) is 72.8 Å². The van der Waals surface area contributed by atoms with Gasteiger partial charge in [-0.3, -0.25) is 14.0 Å². The molecule has 3 aromatic rings. The SMILES string of the molecule is Cc1ccccc1CN(c1ccc(C(=O)NCc2ccc(CN3CCCCC3)cc2)cc1)S(C)(=O)=O. The lowest BCUT2D eigenvalue weighted by molar-refractivity contribution is 0.0951. The van der Waals surface area contributed by atoms with Gasteiger partial charge in [0.2, 0.25) is 10.0 Å². The highest BCUT2D eigenvalue weighted by Gasteiger charge is 2.19. The van der Waals surface area contributed by atoms with Gasteiger partial charge in [-0.25, -0.2) is 8.42 Å². The lowest BCUT2D eigenvalue weighted by atomic mass is 10.1. The fourth-order valence-corrected chi connectivity index (χ4v) is 5.42. The molecule has 0 radical (unpaired) electrons. The van der Waals surface area contributed by atoms with Crippen LogP contribution in [0, 0.1) is 6.92 Å². The van der Waals surface area contributed by atoms with Gasteiger partial charge in [0.05, 0.1) is 18.5 Å². The topological polar surface area (TPSA) is 69.7 Å². The van der Waals surface area contributed by atoms with Crippen molar-refractivity contribution < 1.29 is 13.2 Å². The Labute approximate surface area is 215 Å². The molecule has 1 aliphatic rings. The average molecular weight is 506 g/mol. The molecule has 36 heavy (non-hydrogen) atoms. The van der Waals surface area contributed by atoms with Crippen molar-refractivity contribution in [2.24, 2.45) is 0 Å². The van der Waals surface area contributed by atoms with Crippen LogP contribution in [0.4, 0.5) is 5.69 Å². The number of nitrogens with zero attached hydrogens (tertiary/aromatic N) is 2. The minimum Gasteiger partial charge on any atom is -0.348 e. The van der Waals surface area contributed by atoms with E-state index in [9.17, 15) is 13.2 Å². The van der Waals surface area contributed by atoms with Gasteiger partial charge in [0, 0.05) is 18.7 Å². The van der Waals surface area contributed by atoms with Gasteiger partial charge in [0.25, 0.3) is 5.91 Å². The smallest absolute Gasteiger partial charge is 0.251 e. The van der Waals surface area contributed by atoms with Crippen molar-refractivity contribution in [1.29, 1.82) is 0 Å². The number of hydrogen-bond donors (Lipinski definition) is 1. The number of piperidine rings is 1. The zero-order valence-electron chi connectivity index (χ0n) is 21.1. The van der Waals surface area contributed by atoms with Crippen LogP contribution in [-0.4, -0.2) is 38.6 Å². The summed E-state index contributed by atoms with van der Waals surface area (Å²) in [6.45, 7) is 5.96. The third-order valence-corrected chi connectivity index (χ3v) is 7.86. The molecule has 4 rings (SSSR count). The highest BCUT2D eigenvalue weighted by molar-refractivity contribution is 7.92. The largest absolute Gasteiger partial charge is 0.348 e. The average Bonchev–Trinajstić information content (AvgIpc) is 2.88. The summed E-state index contributed by atoms with van der Waals surface area (Å²) in [4.78, 5) is 15.2. The lowest BCUT2D eigenvalue weighted by Gasteiger charge is -2.26. The Bertz CT molecular complexity index is 1270. The molecule has 3 aromatic carbocycles. The number of carbonyl (C=O) groups is 1. The number of amides is 1. The summed E-state index contributed by atoms with van der Waals surface area (Å²) >= 11 is 0. The number of nitrogens with one attached hydrogen (secondary N) is 1. The molecule has 0 atom stereocenters. The Balaban J connectivity index is 1.35. The molecule has 0 bridgehead atoms. The van der Waals surface area contributed by atoms with Crippen LogP contribution in [0.3, 0.4) is 0 Å². The second-order valence-corrected chi connectivity index (χ2v) is 11.5. The maximum Gasteiger partial charge on any atom is 0.251 e. The fraction of sp³-hybridized carbons (Fsp3) is 0.345. The van der Waals surface area contributed by atoms with E-state index in [0.717, 1.165) is 23.2 Å². The van der Waals surface area contributed by atoms with E-state index < -0.39 is 10.0 Å². The first-order chi connectivity index (χ1) is 17.3. The summed E-state index contributed by atoms with van der Waals surface area (Å²) in [5.74, 6) is -0.191. The highest BCUT2D eigenvalue weighted by atomic mass is 32.2. The van der Waals surface area contributed by atoms with Gasteiger partial charge in [-0.15, -0.1) is 0 Å².